The Labute approximate surface area is 218 Å². The van der Waals surface area contributed by atoms with E-state index in [9.17, 15) is 18.0 Å². The standard InChI is InChI=1S/C25H33Cl2N3O4S/c1-6-22(25(32)28-7-2)29(15-19-20(26)12-10-13-21(19)27)24(31)16-30(35(5,33)34)23-14-9-8-11-18(23)17(3)4/h8-14,17,22H,6-7,15-16H2,1-5H3,(H,28,32)/t22-/m0/s1. The van der Waals surface area contributed by atoms with Crippen LogP contribution in [0.1, 0.15) is 51.2 Å². The summed E-state index contributed by atoms with van der Waals surface area (Å²) < 4.78 is 26.8. The molecule has 0 unspecified atom stereocenters. The van der Waals surface area contributed by atoms with E-state index in [1.54, 1.807) is 44.2 Å². The summed E-state index contributed by atoms with van der Waals surface area (Å²) in [4.78, 5) is 28.0. The number of hydrogen-bond acceptors (Lipinski definition) is 4. The van der Waals surface area contributed by atoms with Gasteiger partial charge >= 0.3 is 0 Å². The summed E-state index contributed by atoms with van der Waals surface area (Å²) in [5, 5.41) is 3.46. The molecule has 2 rings (SSSR count). The van der Waals surface area contributed by atoms with Crippen LogP contribution in [0, 0.1) is 0 Å². The summed E-state index contributed by atoms with van der Waals surface area (Å²) in [7, 11) is -3.82. The van der Waals surface area contributed by atoms with Crippen molar-refractivity contribution < 1.29 is 18.0 Å². The van der Waals surface area contributed by atoms with Crippen LogP contribution in [0.4, 0.5) is 5.69 Å². The Bertz CT molecular complexity index is 1130. The second-order valence-corrected chi connectivity index (χ2v) is 11.2. The molecule has 0 aromatic heterocycles. The number of hydrogen-bond donors (Lipinski definition) is 1. The molecule has 0 spiro atoms. The Morgan fingerprint density at radius 2 is 1.60 bits per heavy atom. The zero-order valence-electron chi connectivity index (χ0n) is 20.7. The third-order valence-electron chi connectivity index (χ3n) is 5.63. The lowest BCUT2D eigenvalue weighted by atomic mass is 10.0. The highest BCUT2D eigenvalue weighted by atomic mass is 35.5. The first-order valence-electron chi connectivity index (χ1n) is 11.5. The van der Waals surface area contributed by atoms with Crippen molar-refractivity contribution in [1.82, 2.24) is 10.2 Å². The third-order valence-corrected chi connectivity index (χ3v) is 7.47. The average molecular weight is 543 g/mol. The zero-order chi connectivity index (χ0) is 26.3. The molecule has 7 nitrogen and oxygen atoms in total. The van der Waals surface area contributed by atoms with Gasteiger partial charge in [-0.15, -0.1) is 0 Å². The molecule has 0 bridgehead atoms. The van der Waals surface area contributed by atoms with Gasteiger partial charge in [-0.3, -0.25) is 13.9 Å². The first-order chi connectivity index (χ1) is 16.4. The molecule has 2 aromatic carbocycles. The van der Waals surface area contributed by atoms with Crippen LogP contribution in [-0.4, -0.2) is 50.5 Å². The molecule has 10 heteroatoms. The quantitative estimate of drug-likeness (QED) is 0.441. The minimum atomic E-state index is -3.82. The molecule has 0 fully saturated rings. The number of anilines is 1. The zero-order valence-corrected chi connectivity index (χ0v) is 23.0. The second kappa shape index (κ2) is 12.6. The summed E-state index contributed by atoms with van der Waals surface area (Å²) in [6.07, 6.45) is 1.38. The van der Waals surface area contributed by atoms with Crippen LogP contribution >= 0.6 is 23.2 Å². The molecule has 0 aliphatic heterocycles. The Kier molecular flexibility index (Phi) is 10.4. The number of carbonyl (C=O) groups is 2. The lowest BCUT2D eigenvalue weighted by molar-refractivity contribution is -0.140. The van der Waals surface area contributed by atoms with Crippen molar-refractivity contribution in [2.45, 2.75) is 52.6 Å². The fraction of sp³-hybridized carbons (Fsp3) is 0.440. The largest absolute Gasteiger partial charge is 0.355 e. The maximum Gasteiger partial charge on any atom is 0.244 e. The van der Waals surface area contributed by atoms with E-state index in [0.29, 0.717) is 34.3 Å². The van der Waals surface area contributed by atoms with Crippen molar-refractivity contribution in [3.05, 3.63) is 63.6 Å². The fourth-order valence-corrected chi connectivity index (χ4v) is 5.25. The van der Waals surface area contributed by atoms with Crippen molar-refractivity contribution in [3.63, 3.8) is 0 Å². The van der Waals surface area contributed by atoms with E-state index in [1.807, 2.05) is 26.0 Å². The molecule has 0 heterocycles. The Balaban J connectivity index is 2.56. The number of likely N-dealkylation sites (N-methyl/N-ethyl adjacent to an activating group) is 1. The minimum Gasteiger partial charge on any atom is -0.355 e. The van der Waals surface area contributed by atoms with Crippen molar-refractivity contribution in [1.29, 1.82) is 0 Å². The number of rotatable bonds is 11. The predicted octanol–water partition coefficient (Wildman–Crippen LogP) is 4.83. The first kappa shape index (κ1) is 28.9. The molecule has 192 valence electrons. The second-order valence-electron chi connectivity index (χ2n) is 8.52. The highest BCUT2D eigenvalue weighted by molar-refractivity contribution is 7.92. The predicted molar refractivity (Wildman–Crippen MR) is 142 cm³/mol. The number of amides is 2. The minimum absolute atomic E-state index is 0.0299. The average Bonchev–Trinajstić information content (AvgIpc) is 2.78. The van der Waals surface area contributed by atoms with Crippen molar-refractivity contribution in [3.8, 4) is 0 Å². The molecular weight excluding hydrogens is 509 g/mol. The van der Waals surface area contributed by atoms with E-state index in [0.717, 1.165) is 16.1 Å². The Hall–Kier alpha value is -2.29. The molecule has 1 atom stereocenters. The van der Waals surface area contributed by atoms with Gasteiger partial charge < -0.3 is 10.2 Å². The SMILES string of the molecule is CCNC(=O)[C@H](CC)N(Cc1c(Cl)cccc1Cl)C(=O)CN(c1ccccc1C(C)C)S(C)(=O)=O. The Morgan fingerprint density at radius 3 is 2.11 bits per heavy atom. The van der Waals surface area contributed by atoms with Crippen molar-refractivity contribution in [2.24, 2.45) is 0 Å². The van der Waals surface area contributed by atoms with Gasteiger partial charge in [0.25, 0.3) is 0 Å². The summed E-state index contributed by atoms with van der Waals surface area (Å²) in [5.74, 6) is -0.842. The van der Waals surface area contributed by atoms with Gasteiger partial charge in [-0.25, -0.2) is 8.42 Å². The number of benzene rings is 2. The van der Waals surface area contributed by atoms with Crippen LogP contribution in [0.3, 0.4) is 0 Å². The molecule has 0 saturated carbocycles. The van der Waals surface area contributed by atoms with Crippen LogP contribution in [-0.2, 0) is 26.2 Å². The number of nitrogens with zero attached hydrogens (tertiary/aromatic N) is 2. The fourth-order valence-electron chi connectivity index (χ4n) is 3.86. The maximum atomic E-state index is 13.7. The van der Waals surface area contributed by atoms with Crippen LogP contribution in [0.5, 0.6) is 0 Å². The molecule has 35 heavy (non-hydrogen) atoms. The van der Waals surface area contributed by atoms with Crippen LogP contribution in [0.2, 0.25) is 10.0 Å². The molecule has 0 aliphatic carbocycles. The molecule has 2 aromatic rings. The van der Waals surface area contributed by atoms with Gasteiger partial charge in [0.2, 0.25) is 21.8 Å². The van der Waals surface area contributed by atoms with Gasteiger partial charge in [0.15, 0.2) is 0 Å². The van der Waals surface area contributed by atoms with Crippen LogP contribution in [0.25, 0.3) is 0 Å². The van der Waals surface area contributed by atoms with Gasteiger partial charge in [-0.05, 0) is 43.0 Å². The monoisotopic (exact) mass is 541 g/mol. The van der Waals surface area contributed by atoms with Crippen LogP contribution < -0.4 is 9.62 Å². The first-order valence-corrected chi connectivity index (χ1v) is 14.1. The number of para-hydroxylation sites is 1. The third kappa shape index (κ3) is 7.35. The van der Waals surface area contributed by atoms with E-state index in [1.165, 1.54) is 4.90 Å². The Morgan fingerprint density at radius 1 is 1.00 bits per heavy atom. The van der Waals surface area contributed by atoms with Gasteiger partial charge in [-0.2, -0.15) is 0 Å². The number of nitrogens with one attached hydrogen (secondary N) is 1. The van der Waals surface area contributed by atoms with Gasteiger partial charge in [0.1, 0.15) is 12.6 Å². The lowest BCUT2D eigenvalue weighted by Crippen LogP contribution is -2.52. The molecule has 0 saturated heterocycles. The van der Waals surface area contributed by atoms with Crippen LogP contribution in [0.15, 0.2) is 42.5 Å². The summed E-state index contributed by atoms with van der Waals surface area (Å²) in [5.41, 5.74) is 1.71. The van der Waals surface area contributed by atoms with Gasteiger partial charge in [0.05, 0.1) is 11.9 Å². The van der Waals surface area contributed by atoms with Crippen molar-refractivity contribution >= 4 is 50.7 Å². The van der Waals surface area contributed by atoms with E-state index in [4.69, 9.17) is 23.2 Å². The lowest BCUT2D eigenvalue weighted by Gasteiger charge is -2.33. The molecule has 2 amide bonds. The molecular formula is C25H33Cl2N3O4S. The summed E-state index contributed by atoms with van der Waals surface area (Å²) in [6, 6.07) is 11.2. The smallest absolute Gasteiger partial charge is 0.244 e. The topological polar surface area (TPSA) is 86.8 Å². The van der Waals surface area contributed by atoms with E-state index in [2.05, 4.69) is 5.32 Å². The van der Waals surface area contributed by atoms with Crippen molar-refractivity contribution in [2.75, 3.05) is 23.7 Å². The van der Waals surface area contributed by atoms with Gasteiger partial charge in [0, 0.05) is 28.7 Å². The highest BCUT2D eigenvalue weighted by Crippen LogP contribution is 2.30. The number of halogens is 2. The van der Waals surface area contributed by atoms with E-state index >= 15 is 0 Å². The summed E-state index contributed by atoms with van der Waals surface area (Å²) in [6.45, 7) is 7.36. The molecule has 1 N–H and O–H groups in total. The van der Waals surface area contributed by atoms with E-state index in [-0.39, 0.29) is 18.4 Å². The highest BCUT2D eigenvalue weighted by Gasteiger charge is 2.33. The van der Waals surface area contributed by atoms with E-state index < -0.39 is 28.5 Å². The molecule has 0 radical (unpaired) electrons. The normalized spacial score (nSPS) is 12.3. The van der Waals surface area contributed by atoms with Gasteiger partial charge in [-0.1, -0.05) is 68.2 Å². The maximum absolute atomic E-state index is 13.7. The summed E-state index contributed by atoms with van der Waals surface area (Å²) >= 11 is 12.7. The number of sulfonamides is 1. The molecule has 0 aliphatic rings. The number of carbonyl (C=O) groups excluding carboxylic acids is 2.